The second-order valence-electron chi connectivity index (χ2n) is 5.40. The molecule has 0 aliphatic heterocycles. The van der Waals surface area contributed by atoms with E-state index in [0.717, 1.165) is 16.8 Å². The van der Waals surface area contributed by atoms with Crippen LogP contribution in [-0.4, -0.2) is 5.91 Å². The number of aryl methyl sites for hydroxylation is 2. The number of hydrogen-bond donors (Lipinski definition) is 1. The van der Waals surface area contributed by atoms with Crippen molar-refractivity contribution in [2.45, 2.75) is 13.8 Å². The van der Waals surface area contributed by atoms with Crippen LogP contribution in [0.25, 0.3) is 11.3 Å². The van der Waals surface area contributed by atoms with Gasteiger partial charge in [0.15, 0.2) is 5.76 Å². The Balaban J connectivity index is 1.81. The van der Waals surface area contributed by atoms with Gasteiger partial charge in [-0.15, -0.1) is 0 Å². The minimum Gasteiger partial charge on any atom is -0.451 e. The summed E-state index contributed by atoms with van der Waals surface area (Å²) in [6.45, 7) is 4.04. The smallest absolute Gasteiger partial charge is 0.291 e. The highest BCUT2D eigenvalue weighted by Gasteiger charge is 2.14. The second-order valence-corrected chi connectivity index (χ2v) is 5.80. The van der Waals surface area contributed by atoms with Crippen molar-refractivity contribution < 1.29 is 9.21 Å². The summed E-state index contributed by atoms with van der Waals surface area (Å²) in [5.74, 6) is 0.533. The standard InChI is InChI=1S/C19H16ClNO2/c1-12-7-8-14(11-13(12)2)21-19(22)18-10-9-17(23-18)15-5-3-4-6-16(15)20/h3-11H,1-2H3,(H,21,22). The molecule has 0 saturated carbocycles. The Labute approximate surface area is 139 Å². The molecule has 0 radical (unpaired) electrons. The third-order valence-corrected chi connectivity index (χ3v) is 4.06. The van der Waals surface area contributed by atoms with Crippen molar-refractivity contribution in [3.05, 3.63) is 76.5 Å². The zero-order valence-electron chi connectivity index (χ0n) is 12.9. The summed E-state index contributed by atoms with van der Waals surface area (Å²) in [5, 5.41) is 3.43. The number of furan rings is 1. The van der Waals surface area contributed by atoms with E-state index in [4.69, 9.17) is 16.0 Å². The molecule has 0 bridgehead atoms. The van der Waals surface area contributed by atoms with Crippen LogP contribution in [0, 0.1) is 13.8 Å². The Kier molecular flexibility index (Phi) is 4.22. The van der Waals surface area contributed by atoms with Gasteiger partial charge in [0.2, 0.25) is 0 Å². The normalized spacial score (nSPS) is 10.6. The molecule has 3 nitrogen and oxygen atoms in total. The van der Waals surface area contributed by atoms with E-state index in [2.05, 4.69) is 5.32 Å². The molecule has 4 heteroatoms. The van der Waals surface area contributed by atoms with Crippen LogP contribution in [-0.2, 0) is 0 Å². The number of hydrogen-bond acceptors (Lipinski definition) is 2. The number of benzene rings is 2. The third kappa shape index (κ3) is 3.30. The first-order chi connectivity index (χ1) is 11.0. The van der Waals surface area contributed by atoms with Gasteiger partial charge in [0.25, 0.3) is 5.91 Å². The molecular formula is C19H16ClNO2. The molecule has 0 atom stereocenters. The largest absolute Gasteiger partial charge is 0.451 e. The summed E-state index contributed by atoms with van der Waals surface area (Å²) >= 11 is 6.15. The molecule has 1 heterocycles. The summed E-state index contributed by atoms with van der Waals surface area (Å²) in [5.41, 5.74) is 3.81. The van der Waals surface area contributed by atoms with Crippen molar-refractivity contribution in [3.8, 4) is 11.3 Å². The molecule has 23 heavy (non-hydrogen) atoms. The van der Waals surface area contributed by atoms with Crippen molar-refractivity contribution in [2.24, 2.45) is 0 Å². The first-order valence-corrected chi connectivity index (χ1v) is 7.66. The summed E-state index contributed by atoms with van der Waals surface area (Å²) in [4.78, 5) is 12.3. The van der Waals surface area contributed by atoms with Crippen LogP contribution in [0.4, 0.5) is 5.69 Å². The summed E-state index contributed by atoms with van der Waals surface area (Å²) in [6, 6.07) is 16.5. The van der Waals surface area contributed by atoms with Crippen molar-refractivity contribution in [1.82, 2.24) is 0 Å². The van der Waals surface area contributed by atoms with Crippen molar-refractivity contribution in [2.75, 3.05) is 5.32 Å². The lowest BCUT2D eigenvalue weighted by Gasteiger charge is -2.06. The molecule has 2 aromatic carbocycles. The van der Waals surface area contributed by atoms with Gasteiger partial charge >= 0.3 is 0 Å². The summed E-state index contributed by atoms with van der Waals surface area (Å²) < 4.78 is 5.64. The van der Waals surface area contributed by atoms with Crippen LogP contribution in [0.1, 0.15) is 21.7 Å². The zero-order chi connectivity index (χ0) is 16.4. The van der Waals surface area contributed by atoms with Gasteiger partial charge in [-0.1, -0.05) is 29.8 Å². The number of rotatable bonds is 3. The molecule has 1 aromatic heterocycles. The molecule has 1 N–H and O–H groups in total. The van der Waals surface area contributed by atoms with Crippen molar-refractivity contribution in [3.63, 3.8) is 0 Å². The van der Waals surface area contributed by atoms with E-state index in [1.807, 2.05) is 50.2 Å². The molecule has 3 aromatic rings. The van der Waals surface area contributed by atoms with Crippen LogP contribution < -0.4 is 5.32 Å². The van der Waals surface area contributed by atoms with E-state index < -0.39 is 0 Å². The van der Waals surface area contributed by atoms with Crippen LogP contribution >= 0.6 is 11.6 Å². The fourth-order valence-corrected chi connectivity index (χ4v) is 2.51. The fourth-order valence-electron chi connectivity index (χ4n) is 2.28. The molecule has 1 amide bonds. The monoisotopic (exact) mass is 325 g/mol. The van der Waals surface area contributed by atoms with E-state index in [1.165, 1.54) is 5.56 Å². The number of anilines is 1. The van der Waals surface area contributed by atoms with Gasteiger partial charge in [-0.2, -0.15) is 0 Å². The maximum absolute atomic E-state index is 12.3. The average molecular weight is 326 g/mol. The first kappa shape index (κ1) is 15.4. The quantitative estimate of drug-likeness (QED) is 0.693. The van der Waals surface area contributed by atoms with E-state index in [9.17, 15) is 4.79 Å². The molecule has 0 aliphatic carbocycles. The molecule has 3 rings (SSSR count). The molecule has 0 spiro atoms. The maximum Gasteiger partial charge on any atom is 0.291 e. The first-order valence-electron chi connectivity index (χ1n) is 7.28. The topological polar surface area (TPSA) is 42.2 Å². The fraction of sp³-hybridized carbons (Fsp3) is 0.105. The van der Waals surface area contributed by atoms with Crippen LogP contribution in [0.2, 0.25) is 5.02 Å². The SMILES string of the molecule is Cc1ccc(NC(=O)c2ccc(-c3ccccc3Cl)o2)cc1C. The Morgan fingerprint density at radius 2 is 1.78 bits per heavy atom. The summed E-state index contributed by atoms with van der Waals surface area (Å²) in [6.07, 6.45) is 0. The molecule has 0 fully saturated rings. The van der Waals surface area contributed by atoms with Gasteiger partial charge in [0.1, 0.15) is 5.76 Å². The number of carbonyl (C=O) groups is 1. The summed E-state index contributed by atoms with van der Waals surface area (Å²) in [7, 11) is 0. The lowest BCUT2D eigenvalue weighted by Crippen LogP contribution is -2.10. The highest BCUT2D eigenvalue weighted by atomic mass is 35.5. The number of nitrogens with one attached hydrogen (secondary N) is 1. The van der Waals surface area contributed by atoms with Gasteiger partial charge < -0.3 is 9.73 Å². The van der Waals surface area contributed by atoms with Gasteiger partial charge in [-0.3, -0.25) is 4.79 Å². The average Bonchev–Trinajstić information content (AvgIpc) is 3.01. The van der Waals surface area contributed by atoms with E-state index in [-0.39, 0.29) is 11.7 Å². The van der Waals surface area contributed by atoms with Crippen LogP contribution in [0.5, 0.6) is 0 Å². The lowest BCUT2D eigenvalue weighted by atomic mass is 10.1. The molecule has 0 aliphatic rings. The Morgan fingerprint density at radius 3 is 2.52 bits per heavy atom. The van der Waals surface area contributed by atoms with Gasteiger partial charge in [-0.25, -0.2) is 0 Å². The molecule has 0 saturated heterocycles. The highest BCUT2D eigenvalue weighted by molar-refractivity contribution is 6.33. The minimum absolute atomic E-state index is 0.248. The minimum atomic E-state index is -0.286. The molecule has 116 valence electrons. The third-order valence-electron chi connectivity index (χ3n) is 3.73. The maximum atomic E-state index is 12.3. The van der Waals surface area contributed by atoms with E-state index in [0.29, 0.717) is 10.8 Å². The van der Waals surface area contributed by atoms with Crippen LogP contribution in [0.15, 0.2) is 59.0 Å². The predicted molar refractivity (Wildman–Crippen MR) is 93.0 cm³/mol. The predicted octanol–water partition coefficient (Wildman–Crippen LogP) is 5.47. The van der Waals surface area contributed by atoms with Gasteiger partial charge in [0, 0.05) is 11.3 Å². The van der Waals surface area contributed by atoms with Crippen molar-refractivity contribution >= 4 is 23.2 Å². The highest BCUT2D eigenvalue weighted by Crippen LogP contribution is 2.29. The van der Waals surface area contributed by atoms with Gasteiger partial charge in [-0.05, 0) is 61.4 Å². The number of amides is 1. The Bertz CT molecular complexity index is 867. The van der Waals surface area contributed by atoms with Crippen molar-refractivity contribution in [1.29, 1.82) is 0 Å². The Morgan fingerprint density at radius 1 is 1.00 bits per heavy atom. The number of halogens is 1. The van der Waals surface area contributed by atoms with E-state index >= 15 is 0 Å². The van der Waals surface area contributed by atoms with E-state index in [1.54, 1.807) is 18.2 Å². The second kappa shape index (κ2) is 6.31. The lowest BCUT2D eigenvalue weighted by molar-refractivity contribution is 0.0997. The Hall–Kier alpha value is -2.52. The molecular weight excluding hydrogens is 310 g/mol. The molecule has 0 unspecified atom stereocenters. The zero-order valence-corrected chi connectivity index (χ0v) is 13.6. The number of carbonyl (C=O) groups excluding carboxylic acids is 1. The van der Waals surface area contributed by atoms with Gasteiger partial charge in [0.05, 0.1) is 5.02 Å². The van der Waals surface area contributed by atoms with Crippen LogP contribution in [0.3, 0.4) is 0 Å².